The summed E-state index contributed by atoms with van der Waals surface area (Å²) in [5.74, 6) is -1.60. The molecule has 0 spiro atoms. The van der Waals surface area contributed by atoms with Crippen LogP contribution in [0.15, 0.2) is 30.4 Å². The minimum absolute atomic E-state index is 0.456. The lowest BCUT2D eigenvalue weighted by Gasteiger charge is -2.04. The number of carboxylic acids is 1. The van der Waals surface area contributed by atoms with E-state index in [-0.39, 0.29) is 0 Å². The van der Waals surface area contributed by atoms with Gasteiger partial charge in [-0.1, -0.05) is 6.07 Å². The van der Waals surface area contributed by atoms with Crippen LogP contribution in [0.2, 0.25) is 0 Å². The Morgan fingerprint density at radius 1 is 1.38 bits per heavy atom. The number of benzene rings is 1. The molecule has 0 aliphatic heterocycles. The molecule has 0 unspecified atom stereocenters. The van der Waals surface area contributed by atoms with Gasteiger partial charge in [-0.05, 0) is 47.2 Å². The van der Waals surface area contributed by atoms with E-state index < -0.39 is 11.9 Å². The molecule has 0 fully saturated rings. The van der Waals surface area contributed by atoms with E-state index in [9.17, 15) is 9.59 Å². The van der Waals surface area contributed by atoms with Crippen molar-refractivity contribution in [1.29, 1.82) is 0 Å². The molecule has 0 bridgehead atoms. The van der Waals surface area contributed by atoms with Crippen LogP contribution < -0.4 is 5.32 Å². The molecule has 0 atom stereocenters. The third-order valence-electron chi connectivity index (χ3n) is 1.82. The van der Waals surface area contributed by atoms with Gasteiger partial charge in [0.1, 0.15) is 0 Å². The van der Waals surface area contributed by atoms with Gasteiger partial charge >= 0.3 is 5.97 Å². The molecule has 5 heteroatoms. The van der Waals surface area contributed by atoms with Crippen molar-refractivity contribution in [3.63, 3.8) is 0 Å². The summed E-state index contributed by atoms with van der Waals surface area (Å²) in [5.41, 5.74) is 1.77. The topological polar surface area (TPSA) is 66.4 Å². The molecule has 0 saturated carbocycles. The second kappa shape index (κ2) is 5.64. The normalized spacial score (nSPS) is 10.4. The van der Waals surface area contributed by atoms with Gasteiger partial charge in [-0.15, -0.1) is 0 Å². The van der Waals surface area contributed by atoms with Gasteiger partial charge in [-0.25, -0.2) is 4.79 Å². The number of anilines is 1. The van der Waals surface area contributed by atoms with Crippen molar-refractivity contribution >= 4 is 40.2 Å². The van der Waals surface area contributed by atoms with E-state index in [1.54, 1.807) is 6.07 Å². The van der Waals surface area contributed by atoms with Crippen LogP contribution >= 0.6 is 22.6 Å². The molecule has 1 rings (SSSR count). The Hall–Kier alpha value is -1.37. The summed E-state index contributed by atoms with van der Waals surface area (Å²) >= 11 is 2.17. The monoisotopic (exact) mass is 331 g/mol. The van der Waals surface area contributed by atoms with Crippen LogP contribution in [-0.2, 0) is 9.59 Å². The molecule has 0 heterocycles. The number of carbonyl (C=O) groups excluding carboxylic acids is 1. The molecule has 0 aliphatic carbocycles. The lowest BCUT2D eigenvalue weighted by Crippen LogP contribution is -2.08. The maximum atomic E-state index is 11.2. The van der Waals surface area contributed by atoms with E-state index in [1.165, 1.54) is 0 Å². The number of carboxylic acid groups (broad SMARTS) is 1. The minimum atomic E-state index is -1.14. The fourth-order valence-electron chi connectivity index (χ4n) is 1.00. The van der Waals surface area contributed by atoms with Crippen LogP contribution in [0.5, 0.6) is 0 Å². The van der Waals surface area contributed by atoms with E-state index in [4.69, 9.17) is 5.11 Å². The first-order valence-corrected chi connectivity index (χ1v) is 5.55. The number of aryl methyl sites for hydroxylation is 1. The first-order chi connectivity index (χ1) is 7.49. The van der Waals surface area contributed by atoms with Crippen molar-refractivity contribution in [2.45, 2.75) is 6.92 Å². The van der Waals surface area contributed by atoms with Gasteiger partial charge in [0.05, 0.1) is 0 Å². The fourth-order valence-corrected chi connectivity index (χ4v) is 1.52. The summed E-state index contributed by atoms with van der Waals surface area (Å²) in [7, 11) is 0. The van der Waals surface area contributed by atoms with Crippen LogP contribution in [0, 0.1) is 10.5 Å². The summed E-state index contributed by atoms with van der Waals surface area (Å²) in [6.45, 7) is 1.97. The first kappa shape index (κ1) is 12.7. The van der Waals surface area contributed by atoms with E-state index >= 15 is 0 Å². The smallest absolute Gasteiger partial charge is 0.328 e. The van der Waals surface area contributed by atoms with Crippen molar-refractivity contribution in [3.05, 3.63) is 39.5 Å². The van der Waals surface area contributed by atoms with Gasteiger partial charge in [-0.2, -0.15) is 0 Å². The molecule has 1 amide bonds. The highest BCUT2D eigenvalue weighted by Crippen LogP contribution is 2.16. The number of rotatable bonds is 3. The van der Waals surface area contributed by atoms with E-state index in [1.807, 2.05) is 19.1 Å². The van der Waals surface area contributed by atoms with Crippen LogP contribution in [-0.4, -0.2) is 17.0 Å². The predicted octanol–water partition coefficient (Wildman–Crippen LogP) is 2.18. The summed E-state index contributed by atoms with van der Waals surface area (Å²) in [6.07, 6.45) is 1.78. The summed E-state index contributed by atoms with van der Waals surface area (Å²) in [4.78, 5) is 21.4. The molecule has 1 aromatic rings. The number of hydrogen-bond acceptors (Lipinski definition) is 2. The Labute approximate surface area is 106 Å². The fraction of sp³-hybridized carbons (Fsp3) is 0.0909. The quantitative estimate of drug-likeness (QED) is 0.659. The molecule has 0 saturated heterocycles. The van der Waals surface area contributed by atoms with Crippen LogP contribution in [0.25, 0.3) is 0 Å². The molecule has 0 radical (unpaired) electrons. The van der Waals surface area contributed by atoms with Crippen LogP contribution in [0.4, 0.5) is 5.69 Å². The Kier molecular flexibility index (Phi) is 4.48. The van der Waals surface area contributed by atoms with Crippen molar-refractivity contribution in [1.82, 2.24) is 0 Å². The Morgan fingerprint density at radius 3 is 2.62 bits per heavy atom. The zero-order valence-corrected chi connectivity index (χ0v) is 10.7. The molecule has 0 aliphatic rings. The maximum absolute atomic E-state index is 11.2. The molecular weight excluding hydrogens is 321 g/mol. The van der Waals surface area contributed by atoms with Crippen LogP contribution in [0.3, 0.4) is 0 Å². The summed E-state index contributed by atoms with van der Waals surface area (Å²) in [5, 5.41) is 10.9. The van der Waals surface area contributed by atoms with E-state index in [0.717, 1.165) is 21.3 Å². The molecular formula is C11H10INO3. The summed E-state index contributed by atoms with van der Waals surface area (Å²) in [6, 6.07) is 5.48. The number of aliphatic carboxylic acids is 1. The highest BCUT2D eigenvalue weighted by atomic mass is 127. The highest BCUT2D eigenvalue weighted by Gasteiger charge is 2.00. The van der Waals surface area contributed by atoms with Gasteiger partial charge in [0.25, 0.3) is 0 Å². The van der Waals surface area contributed by atoms with Crippen molar-refractivity contribution in [3.8, 4) is 0 Å². The Balaban J connectivity index is 2.70. The van der Waals surface area contributed by atoms with Crippen molar-refractivity contribution < 1.29 is 14.7 Å². The van der Waals surface area contributed by atoms with Gasteiger partial charge in [0, 0.05) is 21.4 Å². The van der Waals surface area contributed by atoms with Crippen molar-refractivity contribution in [2.75, 3.05) is 5.32 Å². The number of nitrogens with one attached hydrogen (secondary N) is 1. The Morgan fingerprint density at radius 2 is 2.06 bits per heavy atom. The molecule has 84 valence electrons. The largest absolute Gasteiger partial charge is 0.478 e. The lowest BCUT2D eigenvalue weighted by molar-refractivity contribution is -0.131. The first-order valence-electron chi connectivity index (χ1n) is 4.47. The third kappa shape index (κ3) is 4.01. The molecule has 16 heavy (non-hydrogen) atoms. The van der Waals surface area contributed by atoms with E-state index in [2.05, 4.69) is 27.9 Å². The molecule has 2 N–H and O–H groups in total. The van der Waals surface area contributed by atoms with Gasteiger partial charge in [-0.3, -0.25) is 4.79 Å². The number of amides is 1. The van der Waals surface area contributed by atoms with Crippen LogP contribution in [0.1, 0.15) is 5.56 Å². The van der Waals surface area contributed by atoms with Gasteiger partial charge in [0.15, 0.2) is 0 Å². The second-order valence-corrected chi connectivity index (χ2v) is 4.29. The molecule has 1 aromatic carbocycles. The zero-order chi connectivity index (χ0) is 12.1. The molecule has 0 aromatic heterocycles. The zero-order valence-electron chi connectivity index (χ0n) is 8.53. The second-order valence-electron chi connectivity index (χ2n) is 3.12. The predicted molar refractivity (Wildman–Crippen MR) is 69.3 cm³/mol. The lowest BCUT2D eigenvalue weighted by atomic mass is 10.2. The third-order valence-corrected chi connectivity index (χ3v) is 2.98. The number of carbonyl (C=O) groups is 2. The summed E-state index contributed by atoms with van der Waals surface area (Å²) < 4.78 is 1.04. The number of hydrogen-bond donors (Lipinski definition) is 2. The standard InChI is InChI=1S/C11H10INO3/c1-7-2-3-8(6-9(7)12)13-10(14)4-5-11(15)16/h2-6H,1H3,(H,13,14)(H,15,16)/b5-4-. The van der Waals surface area contributed by atoms with Crippen molar-refractivity contribution in [2.24, 2.45) is 0 Å². The maximum Gasteiger partial charge on any atom is 0.328 e. The minimum Gasteiger partial charge on any atom is -0.478 e. The number of halogens is 1. The average molecular weight is 331 g/mol. The molecule has 4 nitrogen and oxygen atoms in total. The van der Waals surface area contributed by atoms with Gasteiger partial charge in [0.2, 0.25) is 5.91 Å². The highest BCUT2D eigenvalue weighted by molar-refractivity contribution is 14.1. The average Bonchev–Trinajstić information content (AvgIpc) is 2.21. The van der Waals surface area contributed by atoms with E-state index in [0.29, 0.717) is 5.69 Å². The Bertz CT molecular complexity index is 455. The SMILES string of the molecule is Cc1ccc(NC(=O)/C=C\C(=O)O)cc1I. The van der Waals surface area contributed by atoms with Gasteiger partial charge < -0.3 is 10.4 Å².